The minimum atomic E-state index is -0.792. The average Bonchev–Trinajstić information content (AvgIpc) is 2.90. The molecule has 4 aromatic rings. The highest BCUT2D eigenvalue weighted by molar-refractivity contribution is 6.04. The molecule has 0 aliphatic heterocycles. The van der Waals surface area contributed by atoms with Gasteiger partial charge in [0.25, 0.3) is 5.91 Å². The van der Waals surface area contributed by atoms with Crippen LogP contribution in [0.2, 0.25) is 0 Å². The molecule has 2 N–H and O–H groups in total. The lowest BCUT2D eigenvalue weighted by molar-refractivity contribution is 0.102. The SMILES string of the molecule is CNc1cc(-c2cncc(-c3cc(NC(=O)c4ccnc(C(C)(C)C#N)c4)ccc3C)n2)ccn1. The highest BCUT2D eigenvalue weighted by atomic mass is 16.1. The molecule has 8 nitrogen and oxygen atoms in total. The maximum atomic E-state index is 13.0. The number of benzene rings is 1. The monoisotopic (exact) mass is 463 g/mol. The summed E-state index contributed by atoms with van der Waals surface area (Å²) in [7, 11) is 1.81. The number of hydrogen-bond donors (Lipinski definition) is 2. The van der Waals surface area contributed by atoms with Crippen molar-refractivity contribution in [3.63, 3.8) is 0 Å². The number of carbonyl (C=O) groups excluding carboxylic acids is 1. The van der Waals surface area contributed by atoms with Gasteiger partial charge in [0.05, 0.1) is 41.0 Å². The van der Waals surface area contributed by atoms with Crippen molar-refractivity contribution in [3.05, 3.63) is 84.1 Å². The Kier molecular flexibility index (Phi) is 6.51. The number of hydrogen-bond acceptors (Lipinski definition) is 7. The topological polar surface area (TPSA) is 116 Å². The molecule has 1 amide bonds. The first kappa shape index (κ1) is 23.5. The van der Waals surface area contributed by atoms with Crippen LogP contribution in [0.15, 0.2) is 67.3 Å². The van der Waals surface area contributed by atoms with Crippen LogP contribution in [-0.2, 0) is 5.41 Å². The number of carbonyl (C=O) groups is 1. The van der Waals surface area contributed by atoms with Crippen LogP contribution in [0.4, 0.5) is 11.5 Å². The van der Waals surface area contributed by atoms with E-state index in [0.717, 1.165) is 28.2 Å². The summed E-state index contributed by atoms with van der Waals surface area (Å²) < 4.78 is 0. The van der Waals surface area contributed by atoms with Crippen molar-refractivity contribution in [1.82, 2.24) is 19.9 Å². The lowest BCUT2D eigenvalue weighted by Crippen LogP contribution is -2.18. The quantitative estimate of drug-likeness (QED) is 0.413. The lowest BCUT2D eigenvalue weighted by atomic mass is 9.90. The van der Waals surface area contributed by atoms with E-state index < -0.39 is 5.41 Å². The minimum absolute atomic E-state index is 0.284. The number of aromatic nitrogens is 4. The molecule has 8 heteroatoms. The first-order valence-electron chi connectivity index (χ1n) is 11.1. The van der Waals surface area contributed by atoms with Gasteiger partial charge in [-0.2, -0.15) is 5.26 Å². The minimum Gasteiger partial charge on any atom is -0.373 e. The molecule has 0 saturated carbocycles. The summed E-state index contributed by atoms with van der Waals surface area (Å²) in [4.78, 5) is 30.6. The van der Waals surface area contributed by atoms with E-state index in [1.807, 2.05) is 44.3 Å². The normalized spacial score (nSPS) is 10.9. The van der Waals surface area contributed by atoms with Crippen LogP contribution in [0.3, 0.4) is 0 Å². The molecule has 35 heavy (non-hydrogen) atoms. The number of aryl methyl sites for hydroxylation is 1. The number of nitriles is 1. The number of pyridine rings is 2. The molecule has 0 aliphatic rings. The van der Waals surface area contributed by atoms with Gasteiger partial charge in [-0.3, -0.25) is 14.8 Å². The molecular formula is C27H25N7O. The van der Waals surface area contributed by atoms with E-state index in [2.05, 4.69) is 31.7 Å². The zero-order valence-corrected chi connectivity index (χ0v) is 20.0. The molecule has 0 radical (unpaired) electrons. The number of nitrogens with one attached hydrogen (secondary N) is 2. The molecule has 174 valence electrons. The highest BCUT2D eigenvalue weighted by Gasteiger charge is 2.22. The summed E-state index contributed by atoms with van der Waals surface area (Å²) in [6.07, 6.45) is 6.68. The summed E-state index contributed by atoms with van der Waals surface area (Å²) in [6, 6.07) is 14.9. The molecular weight excluding hydrogens is 438 g/mol. The number of anilines is 2. The summed E-state index contributed by atoms with van der Waals surface area (Å²) in [5, 5.41) is 15.4. The van der Waals surface area contributed by atoms with Crippen LogP contribution in [0.1, 0.15) is 35.5 Å². The van der Waals surface area contributed by atoms with E-state index in [4.69, 9.17) is 4.98 Å². The Hall–Kier alpha value is -4.64. The fraction of sp³-hybridized carbons (Fsp3) is 0.185. The summed E-state index contributed by atoms with van der Waals surface area (Å²) in [5.41, 5.74) is 4.99. The first-order valence-corrected chi connectivity index (χ1v) is 11.1. The molecule has 0 aliphatic carbocycles. The average molecular weight is 464 g/mol. The van der Waals surface area contributed by atoms with E-state index in [1.54, 1.807) is 50.8 Å². The maximum Gasteiger partial charge on any atom is 0.255 e. The first-order chi connectivity index (χ1) is 16.8. The Morgan fingerprint density at radius 2 is 1.77 bits per heavy atom. The largest absolute Gasteiger partial charge is 0.373 e. The molecule has 0 bridgehead atoms. The molecule has 0 fully saturated rings. The second kappa shape index (κ2) is 9.69. The van der Waals surface area contributed by atoms with Crippen molar-refractivity contribution in [2.24, 2.45) is 0 Å². The van der Waals surface area contributed by atoms with E-state index in [1.165, 1.54) is 0 Å². The van der Waals surface area contributed by atoms with Gasteiger partial charge in [-0.1, -0.05) is 6.07 Å². The van der Waals surface area contributed by atoms with Crippen LogP contribution in [0, 0.1) is 18.3 Å². The van der Waals surface area contributed by atoms with Crippen LogP contribution >= 0.6 is 0 Å². The van der Waals surface area contributed by atoms with Crippen molar-refractivity contribution in [3.8, 4) is 28.6 Å². The third kappa shape index (κ3) is 5.14. The van der Waals surface area contributed by atoms with Gasteiger partial charge < -0.3 is 10.6 Å². The van der Waals surface area contributed by atoms with Crippen LogP contribution < -0.4 is 10.6 Å². The number of nitrogens with zero attached hydrogens (tertiary/aromatic N) is 5. The van der Waals surface area contributed by atoms with Gasteiger partial charge in [-0.05, 0) is 62.7 Å². The molecule has 0 spiro atoms. The Morgan fingerprint density at radius 3 is 2.54 bits per heavy atom. The predicted octanol–water partition coefficient (Wildman–Crippen LogP) is 5.00. The van der Waals surface area contributed by atoms with Gasteiger partial charge in [0.1, 0.15) is 5.82 Å². The Balaban J connectivity index is 1.62. The van der Waals surface area contributed by atoms with Gasteiger partial charge in [0.15, 0.2) is 0 Å². The van der Waals surface area contributed by atoms with Gasteiger partial charge in [0, 0.05) is 41.8 Å². The van der Waals surface area contributed by atoms with Gasteiger partial charge in [0.2, 0.25) is 0 Å². The number of amides is 1. The number of rotatable bonds is 6. The molecule has 3 aromatic heterocycles. The highest BCUT2D eigenvalue weighted by Crippen LogP contribution is 2.28. The van der Waals surface area contributed by atoms with Crippen molar-refractivity contribution in [2.75, 3.05) is 17.7 Å². The van der Waals surface area contributed by atoms with Crippen LogP contribution in [0.5, 0.6) is 0 Å². The Morgan fingerprint density at radius 1 is 1.00 bits per heavy atom. The maximum absolute atomic E-state index is 13.0. The zero-order chi connectivity index (χ0) is 25.0. The Labute approximate surface area is 204 Å². The van der Waals surface area contributed by atoms with Crippen LogP contribution in [-0.4, -0.2) is 32.9 Å². The van der Waals surface area contributed by atoms with E-state index in [-0.39, 0.29) is 5.91 Å². The van der Waals surface area contributed by atoms with E-state index >= 15 is 0 Å². The molecule has 3 heterocycles. The van der Waals surface area contributed by atoms with Gasteiger partial charge >= 0.3 is 0 Å². The standard InChI is InChI=1S/C27H25N7O/c1-17-5-6-20(33-26(35)19-8-9-31-24(11-19)27(2,3)16-28)13-21(17)23-15-30-14-22(34-23)18-7-10-32-25(12-18)29-4/h5-15H,1-4H3,(H,29,32)(H,33,35). The summed E-state index contributed by atoms with van der Waals surface area (Å²) in [5.74, 6) is 0.460. The lowest BCUT2D eigenvalue weighted by Gasteiger charge is -2.15. The van der Waals surface area contributed by atoms with Gasteiger partial charge in [-0.15, -0.1) is 0 Å². The Bertz CT molecular complexity index is 1440. The van der Waals surface area contributed by atoms with Crippen LogP contribution in [0.25, 0.3) is 22.5 Å². The fourth-order valence-corrected chi connectivity index (χ4v) is 3.51. The smallest absolute Gasteiger partial charge is 0.255 e. The summed E-state index contributed by atoms with van der Waals surface area (Å²) >= 11 is 0. The third-order valence-corrected chi connectivity index (χ3v) is 5.66. The molecule has 0 saturated heterocycles. The van der Waals surface area contributed by atoms with Crippen molar-refractivity contribution < 1.29 is 4.79 Å². The van der Waals surface area contributed by atoms with Crippen molar-refractivity contribution in [2.45, 2.75) is 26.2 Å². The third-order valence-electron chi connectivity index (χ3n) is 5.66. The van der Waals surface area contributed by atoms with E-state index in [0.29, 0.717) is 22.6 Å². The van der Waals surface area contributed by atoms with Crippen molar-refractivity contribution in [1.29, 1.82) is 5.26 Å². The summed E-state index contributed by atoms with van der Waals surface area (Å²) in [6.45, 7) is 5.52. The van der Waals surface area contributed by atoms with E-state index in [9.17, 15) is 10.1 Å². The molecule has 1 aromatic carbocycles. The molecule has 4 rings (SSSR count). The second-order valence-electron chi connectivity index (χ2n) is 8.62. The van der Waals surface area contributed by atoms with Crippen molar-refractivity contribution >= 4 is 17.4 Å². The van der Waals surface area contributed by atoms with Gasteiger partial charge in [-0.25, -0.2) is 9.97 Å². The molecule has 0 unspecified atom stereocenters. The second-order valence-corrected chi connectivity index (χ2v) is 8.62. The zero-order valence-electron chi connectivity index (χ0n) is 20.0. The fourth-order valence-electron chi connectivity index (χ4n) is 3.51. The predicted molar refractivity (Wildman–Crippen MR) is 136 cm³/mol. The molecule has 0 atom stereocenters.